The van der Waals surface area contributed by atoms with Crippen molar-refractivity contribution in [3.8, 4) is 0 Å². The first-order valence-electron chi connectivity index (χ1n) is 6.22. The quantitative estimate of drug-likeness (QED) is 0.852. The lowest BCUT2D eigenvalue weighted by Gasteiger charge is -2.26. The van der Waals surface area contributed by atoms with Gasteiger partial charge in [0.15, 0.2) is 0 Å². The standard InChI is InChI=1S/C12H18ClNO2S2/c1-14(9-10-5-3-2-4-6-10)18(15,16)12-8-7-11(13)17-12/h7-8,10H,2-6,9H2,1H3. The molecule has 0 aromatic carbocycles. The maximum absolute atomic E-state index is 12.3. The molecule has 0 N–H and O–H groups in total. The summed E-state index contributed by atoms with van der Waals surface area (Å²) in [6.45, 7) is 0.623. The van der Waals surface area contributed by atoms with Crippen LogP contribution in [0, 0.1) is 5.92 Å². The van der Waals surface area contributed by atoms with Crippen LogP contribution in [-0.2, 0) is 10.0 Å². The molecule has 0 radical (unpaired) electrons. The number of rotatable bonds is 4. The van der Waals surface area contributed by atoms with Gasteiger partial charge in [0.25, 0.3) is 10.0 Å². The summed E-state index contributed by atoms with van der Waals surface area (Å²) in [6.07, 6.45) is 6.02. The second kappa shape index (κ2) is 5.90. The van der Waals surface area contributed by atoms with E-state index in [0.717, 1.165) is 24.2 Å². The average Bonchev–Trinajstić information content (AvgIpc) is 2.78. The van der Waals surface area contributed by atoms with Gasteiger partial charge >= 0.3 is 0 Å². The van der Waals surface area contributed by atoms with E-state index in [4.69, 9.17) is 11.6 Å². The molecule has 2 rings (SSSR count). The van der Waals surface area contributed by atoms with Gasteiger partial charge in [-0.2, -0.15) is 4.31 Å². The van der Waals surface area contributed by atoms with Gasteiger partial charge in [0.1, 0.15) is 4.21 Å². The first kappa shape index (κ1) is 14.3. The Morgan fingerprint density at radius 3 is 2.56 bits per heavy atom. The normalized spacial score (nSPS) is 18.4. The smallest absolute Gasteiger partial charge is 0.206 e. The summed E-state index contributed by atoms with van der Waals surface area (Å²) in [4.78, 5) is 0. The van der Waals surface area contributed by atoms with E-state index in [0.29, 0.717) is 21.0 Å². The third kappa shape index (κ3) is 3.26. The fourth-order valence-electron chi connectivity index (χ4n) is 2.42. The Kier molecular flexibility index (Phi) is 4.69. The molecule has 0 aliphatic heterocycles. The summed E-state index contributed by atoms with van der Waals surface area (Å²) in [5.74, 6) is 0.508. The largest absolute Gasteiger partial charge is 0.252 e. The predicted molar refractivity (Wildman–Crippen MR) is 75.7 cm³/mol. The van der Waals surface area contributed by atoms with Gasteiger partial charge in [-0.3, -0.25) is 0 Å². The number of hydrogen-bond acceptors (Lipinski definition) is 3. The first-order chi connectivity index (χ1) is 8.50. The molecule has 1 aliphatic carbocycles. The highest BCUT2D eigenvalue weighted by Crippen LogP contribution is 2.30. The number of halogens is 1. The number of sulfonamides is 1. The molecule has 0 atom stereocenters. The minimum Gasteiger partial charge on any atom is -0.206 e. The van der Waals surface area contributed by atoms with Crippen molar-refractivity contribution in [3.63, 3.8) is 0 Å². The summed E-state index contributed by atoms with van der Waals surface area (Å²) in [7, 11) is -1.69. The molecule has 3 nitrogen and oxygen atoms in total. The Morgan fingerprint density at radius 2 is 2.00 bits per heavy atom. The van der Waals surface area contributed by atoms with Crippen LogP contribution in [0.3, 0.4) is 0 Å². The molecule has 1 aliphatic rings. The van der Waals surface area contributed by atoms with Crippen LogP contribution in [0.5, 0.6) is 0 Å². The lowest BCUT2D eigenvalue weighted by Crippen LogP contribution is -2.32. The van der Waals surface area contributed by atoms with Crippen molar-refractivity contribution in [2.75, 3.05) is 13.6 Å². The Morgan fingerprint density at radius 1 is 1.33 bits per heavy atom. The molecule has 0 amide bonds. The maximum atomic E-state index is 12.3. The summed E-state index contributed by atoms with van der Waals surface area (Å²) in [5.41, 5.74) is 0. The zero-order valence-electron chi connectivity index (χ0n) is 10.4. The second-order valence-electron chi connectivity index (χ2n) is 4.85. The van der Waals surface area contributed by atoms with E-state index < -0.39 is 10.0 Å². The van der Waals surface area contributed by atoms with Gasteiger partial charge in [-0.25, -0.2) is 8.42 Å². The highest BCUT2D eigenvalue weighted by atomic mass is 35.5. The van der Waals surface area contributed by atoms with Crippen molar-refractivity contribution in [2.45, 2.75) is 36.3 Å². The summed E-state index contributed by atoms with van der Waals surface area (Å²) >= 11 is 6.92. The van der Waals surface area contributed by atoms with Crippen LogP contribution in [0.1, 0.15) is 32.1 Å². The van der Waals surface area contributed by atoms with Crippen molar-refractivity contribution < 1.29 is 8.42 Å². The maximum Gasteiger partial charge on any atom is 0.252 e. The number of nitrogens with zero attached hydrogens (tertiary/aromatic N) is 1. The van der Waals surface area contributed by atoms with Crippen LogP contribution in [0.2, 0.25) is 4.34 Å². The van der Waals surface area contributed by atoms with E-state index in [1.165, 1.54) is 23.6 Å². The second-order valence-corrected chi connectivity index (χ2v) is 8.83. The third-order valence-corrected chi connectivity index (χ3v) is 6.98. The van der Waals surface area contributed by atoms with Crippen LogP contribution in [0.15, 0.2) is 16.3 Å². The van der Waals surface area contributed by atoms with Gasteiger partial charge in [-0.05, 0) is 30.9 Å². The van der Waals surface area contributed by atoms with Crippen LogP contribution in [0.25, 0.3) is 0 Å². The average molecular weight is 308 g/mol. The molecule has 1 saturated carbocycles. The molecule has 18 heavy (non-hydrogen) atoms. The van der Waals surface area contributed by atoms with Crippen LogP contribution < -0.4 is 0 Å². The molecule has 1 aromatic rings. The van der Waals surface area contributed by atoms with Crippen molar-refractivity contribution >= 4 is 33.0 Å². The molecule has 1 aromatic heterocycles. The van der Waals surface area contributed by atoms with Gasteiger partial charge in [-0.1, -0.05) is 30.9 Å². The van der Waals surface area contributed by atoms with E-state index in [2.05, 4.69) is 0 Å². The first-order valence-corrected chi connectivity index (χ1v) is 8.85. The highest BCUT2D eigenvalue weighted by Gasteiger charge is 2.25. The van der Waals surface area contributed by atoms with Crippen molar-refractivity contribution in [3.05, 3.63) is 16.5 Å². The van der Waals surface area contributed by atoms with Crippen LogP contribution >= 0.6 is 22.9 Å². The Balaban J connectivity index is 2.05. The van der Waals surface area contributed by atoms with Gasteiger partial charge in [0, 0.05) is 13.6 Å². The minimum atomic E-state index is -3.35. The molecular weight excluding hydrogens is 290 g/mol. The lowest BCUT2D eigenvalue weighted by molar-refractivity contribution is 0.300. The van der Waals surface area contributed by atoms with Gasteiger partial charge in [-0.15, -0.1) is 11.3 Å². The van der Waals surface area contributed by atoms with E-state index in [-0.39, 0.29) is 0 Å². The zero-order valence-corrected chi connectivity index (χ0v) is 12.8. The van der Waals surface area contributed by atoms with Crippen molar-refractivity contribution in [2.24, 2.45) is 5.92 Å². The van der Waals surface area contributed by atoms with Crippen molar-refractivity contribution in [1.29, 1.82) is 0 Å². The summed E-state index contributed by atoms with van der Waals surface area (Å²) < 4.78 is 26.9. The van der Waals surface area contributed by atoms with E-state index in [1.54, 1.807) is 19.2 Å². The third-order valence-electron chi connectivity index (χ3n) is 3.45. The van der Waals surface area contributed by atoms with Crippen LogP contribution in [0.4, 0.5) is 0 Å². The predicted octanol–water partition coefficient (Wildman–Crippen LogP) is 3.60. The van der Waals surface area contributed by atoms with E-state index >= 15 is 0 Å². The molecule has 1 heterocycles. The molecule has 1 fully saturated rings. The Labute approximate surface area is 118 Å². The molecule has 102 valence electrons. The molecule has 0 bridgehead atoms. The fraction of sp³-hybridized carbons (Fsp3) is 0.667. The zero-order chi connectivity index (χ0) is 13.2. The summed E-state index contributed by atoms with van der Waals surface area (Å²) in [6, 6.07) is 3.22. The number of thiophene rings is 1. The van der Waals surface area contributed by atoms with Crippen LogP contribution in [-0.4, -0.2) is 26.3 Å². The van der Waals surface area contributed by atoms with E-state index in [9.17, 15) is 8.42 Å². The summed E-state index contributed by atoms with van der Waals surface area (Å²) in [5, 5.41) is 0. The molecule has 0 spiro atoms. The molecule has 0 saturated heterocycles. The van der Waals surface area contributed by atoms with E-state index in [1.807, 2.05) is 0 Å². The molecule has 6 heteroatoms. The van der Waals surface area contributed by atoms with Gasteiger partial charge in [0.05, 0.1) is 4.34 Å². The van der Waals surface area contributed by atoms with Gasteiger partial charge in [0.2, 0.25) is 0 Å². The minimum absolute atomic E-state index is 0.339. The monoisotopic (exact) mass is 307 g/mol. The fourth-order valence-corrected chi connectivity index (χ4v) is 5.36. The molecule has 0 unspecified atom stereocenters. The topological polar surface area (TPSA) is 37.4 Å². The number of hydrogen-bond donors (Lipinski definition) is 0. The molecular formula is C12H18ClNO2S2. The SMILES string of the molecule is CN(CC1CCCCC1)S(=O)(=O)c1ccc(Cl)s1. The highest BCUT2D eigenvalue weighted by molar-refractivity contribution is 7.91. The lowest BCUT2D eigenvalue weighted by atomic mass is 9.89. The van der Waals surface area contributed by atoms with Crippen molar-refractivity contribution in [1.82, 2.24) is 4.31 Å². The Bertz CT molecular complexity index is 492. The van der Waals surface area contributed by atoms with Gasteiger partial charge < -0.3 is 0 Å². The Hall–Kier alpha value is -0.100.